The SMILES string of the molecule is Cc1cccc2c1NC1CC(C)NCC21. The van der Waals surface area contributed by atoms with Crippen molar-refractivity contribution in [2.24, 2.45) is 0 Å². The molecule has 3 atom stereocenters. The fraction of sp³-hybridized carbons (Fsp3) is 0.538. The molecule has 1 fully saturated rings. The van der Waals surface area contributed by atoms with Crippen LogP contribution in [0, 0.1) is 6.92 Å². The van der Waals surface area contributed by atoms with Crippen molar-refractivity contribution in [3.8, 4) is 0 Å². The zero-order valence-electron chi connectivity index (χ0n) is 9.38. The quantitative estimate of drug-likeness (QED) is 0.674. The molecule has 1 saturated heterocycles. The highest BCUT2D eigenvalue weighted by Gasteiger charge is 2.36. The second-order valence-corrected chi connectivity index (χ2v) is 4.94. The molecule has 15 heavy (non-hydrogen) atoms. The molecule has 1 aromatic rings. The molecule has 2 nitrogen and oxygen atoms in total. The number of aryl methyl sites for hydroxylation is 1. The first-order chi connectivity index (χ1) is 7.25. The first-order valence-electron chi connectivity index (χ1n) is 5.85. The van der Waals surface area contributed by atoms with Gasteiger partial charge in [-0.3, -0.25) is 0 Å². The average Bonchev–Trinajstić information content (AvgIpc) is 2.57. The maximum atomic E-state index is 3.70. The molecular weight excluding hydrogens is 184 g/mol. The highest BCUT2D eigenvalue weighted by molar-refractivity contribution is 5.64. The molecule has 3 unspecified atom stereocenters. The van der Waals surface area contributed by atoms with Crippen LogP contribution >= 0.6 is 0 Å². The lowest BCUT2D eigenvalue weighted by Crippen LogP contribution is -2.44. The molecule has 80 valence electrons. The number of benzene rings is 1. The standard InChI is InChI=1S/C13H18N2/c1-8-4-3-5-10-11-7-14-9(2)6-12(11)15-13(8)10/h3-5,9,11-12,14-15H,6-7H2,1-2H3. The Morgan fingerprint density at radius 3 is 3.07 bits per heavy atom. The van der Waals surface area contributed by atoms with E-state index in [0.29, 0.717) is 18.0 Å². The van der Waals surface area contributed by atoms with E-state index in [-0.39, 0.29) is 0 Å². The minimum atomic E-state index is 0.647. The number of nitrogens with one attached hydrogen (secondary N) is 2. The number of para-hydroxylation sites is 1. The van der Waals surface area contributed by atoms with Gasteiger partial charge in [-0.15, -0.1) is 0 Å². The molecule has 0 radical (unpaired) electrons. The number of hydrogen-bond acceptors (Lipinski definition) is 2. The molecular formula is C13H18N2. The summed E-state index contributed by atoms with van der Waals surface area (Å²) in [5.41, 5.74) is 4.29. The minimum absolute atomic E-state index is 0.647. The summed E-state index contributed by atoms with van der Waals surface area (Å²) in [7, 11) is 0. The Bertz CT molecular complexity index is 386. The molecule has 0 bridgehead atoms. The molecule has 0 amide bonds. The molecule has 0 saturated carbocycles. The van der Waals surface area contributed by atoms with Gasteiger partial charge < -0.3 is 10.6 Å². The van der Waals surface area contributed by atoms with Gasteiger partial charge in [0.05, 0.1) is 0 Å². The van der Waals surface area contributed by atoms with E-state index in [1.54, 1.807) is 0 Å². The van der Waals surface area contributed by atoms with Crippen LogP contribution in [0.4, 0.5) is 5.69 Å². The fourth-order valence-corrected chi connectivity index (χ4v) is 2.97. The third kappa shape index (κ3) is 1.36. The summed E-state index contributed by atoms with van der Waals surface area (Å²) >= 11 is 0. The summed E-state index contributed by atoms with van der Waals surface area (Å²) in [4.78, 5) is 0. The van der Waals surface area contributed by atoms with Gasteiger partial charge in [0.1, 0.15) is 0 Å². The van der Waals surface area contributed by atoms with Crippen LogP contribution < -0.4 is 10.6 Å². The summed E-state index contributed by atoms with van der Waals surface area (Å²) in [6, 6.07) is 7.94. The van der Waals surface area contributed by atoms with Crippen molar-refractivity contribution >= 4 is 5.69 Å². The molecule has 2 N–H and O–H groups in total. The van der Waals surface area contributed by atoms with E-state index in [4.69, 9.17) is 0 Å². The Hall–Kier alpha value is -1.02. The van der Waals surface area contributed by atoms with E-state index in [9.17, 15) is 0 Å². The van der Waals surface area contributed by atoms with E-state index in [1.807, 2.05) is 0 Å². The fourth-order valence-electron chi connectivity index (χ4n) is 2.97. The van der Waals surface area contributed by atoms with Crippen molar-refractivity contribution in [3.05, 3.63) is 29.3 Å². The third-order valence-corrected chi connectivity index (χ3v) is 3.81. The van der Waals surface area contributed by atoms with Gasteiger partial charge in [0.15, 0.2) is 0 Å². The van der Waals surface area contributed by atoms with Gasteiger partial charge in [-0.1, -0.05) is 18.2 Å². The van der Waals surface area contributed by atoms with Crippen LogP contribution in [0.3, 0.4) is 0 Å². The Balaban J connectivity index is 1.99. The highest BCUT2D eigenvalue weighted by atomic mass is 15.0. The zero-order chi connectivity index (χ0) is 10.4. The number of hydrogen-bond donors (Lipinski definition) is 2. The lowest BCUT2D eigenvalue weighted by Gasteiger charge is -2.31. The van der Waals surface area contributed by atoms with Gasteiger partial charge in [0, 0.05) is 30.2 Å². The lowest BCUT2D eigenvalue weighted by atomic mass is 9.87. The van der Waals surface area contributed by atoms with Crippen LogP contribution in [0.25, 0.3) is 0 Å². The van der Waals surface area contributed by atoms with E-state index < -0.39 is 0 Å². The van der Waals surface area contributed by atoms with Gasteiger partial charge in [-0.05, 0) is 31.4 Å². The number of anilines is 1. The van der Waals surface area contributed by atoms with E-state index in [2.05, 4.69) is 42.7 Å². The molecule has 0 aliphatic carbocycles. The van der Waals surface area contributed by atoms with Crippen LogP contribution in [-0.4, -0.2) is 18.6 Å². The molecule has 2 heterocycles. The lowest BCUT2D eigenvalue weighted by molar-refractivity contribution is 0.368. The van der Waals surface area contributed by atoms with Crippen LogP contribution in [0.1, 0.15) is 30.4 Å². The zero-order valence-corrected chi connectivity index (χ0v) is 9.38. The van der Waals surface area contributed by atoms with Gasteiger partial charge >= 0.3 is 0 Å². The topological polar surface area (TPSA) is 24.1 Å². The molecule has 1 aromatic carbocycles. The Morgan fingerprint density at radius 1 is 1.33 bits per heavy atom. The predicted octanol–water partition coefficient (Wildman–Crippen LogP) is 2.25. The van der Waals surface area contributed by atoms with Crippen molar-refractivity contribution in [1.82, 2.24) is 5.32 Å². The van der Waals surface area contributed by atoms with Crippen LogP contribution in [0.15, 0.2) is 18.2 Å². The van der Waals surface area contributed by atoms with E-state index in [1.165, 1.54) is 23.2 Å². The molecule has 2 aliphatic rings. The Morgan fingerprint density at radius 2 is 2.20 bits per heavy atom. The van der Waals surface area contributed by atoms with Crippen molar-refractivity contribution in [1.29, 1.82) is 0 Å². The van der Waals surface area contributed by atoms with E-state index >= 15 is 0 Å². The minimum Gasteiger partial charge on any atom is -0.381 e. The van der Waals surface area contributed by atoms with Crippen LogP contribution in [0.5, 0.6) is 0 Å². The monoisotopic (exact) mass is 202 g/mol. The second-order valence-electron chi connectivity index (χ2n) is 4.94. The molecule has 0 aromatic heterocycles. The van der Waals surface area contributed by atoms with Gasteiger partial charge in [0.2, 0.25) is 0 Å². The highest BCUT2D eigenvalue weighted by Crippen LogP contribution is 2.40. The largest absolute Gasteiger partial charge is 0.381 e. The summed E-state index contributed by atoms with van der Waals surface area (Å²) in [6.07, 6.45) is 1.23. The van der Waals surface area contributed by atoms with Crippen molar-refractivity contribution in [3.63, 3.8) is 0 Å². The number of fused-ring (bicyclic) bond motifs is 3. The molecule has 3 rings (SSSR count). The second kappa shape index (κ2) is 3.24. The summed E-state index contributed by atoms with van der Waals surface area (Å²) < 4.78 is 0. The van der Waals surface area contributed by atoms with Crippen molar-refractivity contribution in [2.45, 2.75) is 38.3 Å². The van der Waals surface area contributed by atoms with Gasteiger partial charge in [-0.2, -0.15) is 0 Å². The predicted molar refractivity (Wildman–Crippen MR) is 63.4 cm³/mol. The van der Waals surface area contributed by atoms with Crippen molar-refractivity contribution in [2.75, 3.05) is 11.9 Å². The first kappa shape index (κ1) is 9.22. The summed E-state index contributed by atoms with van der Waals surface area (Å²) in [6.45, 7) is 5.59. The van der Waals surface area contributed by atoms with E-state index in [0.717, 1.165) is 6.54 Å². The Kier molecular flexibility index (Phi) is 1.99. The normalized spacial score (nSPS) is 33.1. The molecule has 0 spiro atoms. The van der Waals surface area contributed by atoms with Crippen molar-refractivity contribution < 1.29 is 0 Å². The Labute approximate surface area is 91.1 Å². The number of rotatable bonds is 0. The molecule has 2 heteroatoms. The van der Waals surface area contributed by atoms with Gasteiger partial charge in [0.25, 0.3) is 0 Å². The third-order valence-electron chi connectivity index (χ3n) is 3.81. The summed E-state index contributed by atoms with van der Waals surface area (Å²) in [5.74, 6) is 0.677. The molecule has 2 aliphatic heterocycles. The smallest absolute Gasteiger partial charge is 0.0408 e. The first-order valence-corrected chi connectivity index (χ1v) is 5.85. The average molecular weight is 202 g/mol. The van der Waals surface area contributed by atoms with Crippen LogP contribution in [0.2, 0.25) is 0 Å². The maximum absolute atomic E-state index is 3.70. The maximum Gasteiger partial charge on any atom is 0.0408 e. The van der Waals surface area contributed by atoms with Crippen LogP contribution in [-0.2, 0) is 0 Å². The van der Waals surface area contributed by atoms with Gasteiger partial charge in [-0.25, -0.2) is 0 Å². The number of piperidine rings is 1. The summed E-state index contributed by atoms with van der Waals surface area (Å²) in [5, 5.41) is 7.27.